The van der Waals surface area contributed by atoms with Gasteiger partial charge in [0.15, 0.2) is 11.5 Å². The lowest BCUT2D eigenvalue weighted by Gasteiger charge is -2.16. The van der Waals surface area contributed by atoms with E-state index in [1.807, 2.05) is 31.2 Å². The van der Waals surface area contributed by atoms with Crippen LogP contribution in [-0.4, -0.2) is 14.2 Å². The molecule has 1 unspecified atom stereocenters. The summed E-state index contributed by atoms with van der Waals surface area (Å²) >= 11 is 16.4. The number of hydrogen-bond donors (Lipinski definition) is 0. The van der Waals surface area contributed by atoms with Crippen molar-refractivity contribution in [3.63, 3.8) is 0 Å². The van der Waals surface area contributed by atoms with E-state index in [1.165, 1.54) is 0 Å². The van der Waals surface area contributed by atoms with Crippen LogP contribution < -0.4 is 9.47 Å². The average Bonchev–Trinajstić information content (AvgIpc) is 2.45. The zero-order valence-electron chi connectivity index (χ0n) is 11.9. The van der Waals surface area contributed by atoms with Gasteiger partial charge in [-0.1, -0.05) is 33.6 Å². The van der Waals surface area contributed by atoms with Gasteiger partial charge in [-0.05, 0) is 41.8 Å². The lowest BCUT2D eigenvalue weighted by molar-refractivity contribution is 0.354. The van der Waals surface area contributed by atoms with Crippen molar-refractivity contribution in [2.75, 3.05) is 14.2 Å². The third-order valence-electron chi connectivity index (χ3n) is 3.13. The number of hydrogen-bond acceptors (Lipinski definition) is 2. The van der Waals surface area contributed by atoms with E-state index < -0.39 is 0 Å². The van der Waals surface area contributed by atoms with Crippen LogP contribution in [0.1, 0.15) is 22.1 Å². The first-order valence-electron chi connectivity index (χ1n) is 6.29. The minimum absolute atomic E-state index is 0.367. The van der Waals surface area contributed by atoms with Crippen LogP contribution in [0, 0.1) is 6.92 Å². The van der Waals surface area contributed by atoms with Gasteiger partial charge in [-0.2, -0.15) is 0 Å². The van der Waals surface area contributed by atoms with Gasteiger partial charge in [0.2, 0.25) is 0 Å². The zero-order chi connectivity index (χ0) is 15.6. The molecule has 0 fully saturated rings. The van der Waals surface area contributed by atoms with Crippen molar-refractivity contribution in [1.29, 1.82) is 0 Å². The maximum absolute atomic E-state index is 6.60. The molecular formula is C16H15BrCl2O2. The third kappa shape index (κ3) is 3.65. The molecule has 112 valence electrons. The van der Waals surface area contributed by atoms with Crippen molar-refractivity contribution >= 4 is 39.1 Å². The van der Waals surface area contributed by atoms with E-state index >= 15 is 0 Å². The van der Waals surface area contributed by atoms with Crippen LogP contribution in [0.15, 0.2) is 34.8 Å². The molecule has 0 aromatic heterocycles. The minimum atomic E-state index is -0.367. The molecule has 0 amide bonds. The van der Waals surface area contributed by atoms with Gasteiger partial charge in [-0.3, -0.25) is 0 Å². The Kier molecular flexibility index (Phi) is 5.42. The molecule has 0 spiro atoms. The summed E-state index contributed by atoms with van der Waals surface area (Å²) in [7, 11) is 3.16. The Hall–Kier alpha value is -0.900. The van der Waals surface area contributed by atoms with Gasteiger partial charge >= 0.3 is 0 Å². The smallest absolute Gasteiger partial charge is 0.162 e. The van der Waals surface area contributed by atoms with Crippen molar-refractivity contribution in [2.45, 2.75) is 12.3 Å². The quantitative estimate of drug-likeness (QED) is 0.619. The predicted molar refractivity (Wildman–Crippen MR) is 91.1 cm³/mol. The predicted octanol–water partition coefficient (Wildman–Crippen LogP) is 5.76. The van der Waals surface area contributed by atoms with Gasteiger partial charge in [-0.25, -0.2) is 0 Å². The summed E-state index contributed by atoms with van der Waals surface area (Å²) in [5.74, 6) is 1.19. The highest BCUT2D eigenvalue weighted by atomic mass is 79.9. The molecule has 1 atom stereocenters. The first-order chi connectivity index (χ1) is 9.96. The topological polar surface area (TPSA) is 18.5 Å². The highest BCUT2D eigenvalue weighted by Crippen LogP contribution is 2.41. The highest BCUT2D eigenvalue weighted by Gasteiger charge is 2.18. The molecule has 21 heavy (non-hydrogen) atoms. The lowest BCUT2D eigenvalue weighted by atomic mass is 10.0. The summed E-state index contributed by atoms with van der Waals surface area (Å²) in [5, 5.41) is 0.179. The van der Waals surface area contributed by atoms with Gasteiger partial charge in [-0.15, -0.1) is 11.6 Å². The van der Waals surface area contributed by atoms with Crippen molar-refractivity contribution in [2.24, 2.45) is 0 Å². The number of aryl methyl sites for hydroxylation is 1. The Morgan fingerprint density at radius 2 is 1.62 bits per heavy atom. The van der Waals surface area contributed by atoms with Crippen LogP contribution >= 0.6 is 39.1 Å². The fourth-order valence-corrected chi connectivity index (χ4v) is 3.41. The number of halogens is 3. The summed E-state index contributed by atoms with van der Waals surface area (Å²) in [4.78, 5) is 0. The normalized spacial score (nSPS) is 12.1. The number of rotatable bonds is 4. The number of alkyl halides is 1. The van der Waals surface area contributed by atoms with E-state index in [4.69, 9.17) is 32.7 Å². The van der Waals surface area contributed by atoms with Crippen LogP contribution in [0.2, 0.25) is 5.02 Å². The molecular weight excluding hydrogens is 375 g/mol. The molecule has 0 N–H and O–H groups in total. The summed E-state index contributed by atoms with van der Waals surface area (Å²) in [6, 6.07) is 9.58. The van der Waals surface area contributed by atoms with Crippen molar-refractivity contribution in [3.8, 4) is 11.5 Å². The fraction of sp³-hybridized carbons (Fsp3) is 0.250. The van der Waals surface area contributed by atoms with Crippen LogP contribution in [0.4, 0.5) is 0 Å². The van der Waals surface area contributed by atoms with Gasteiger partial charge < -0.3 is 9.47 Å². The molecule has 5 heteroatoms. The van der Waals surface area contributed by atoms with Crippen LogP contribution in [0.3, 0.4) is 0 Å². The Labute approximate surface area is 143 Å². The molecule has 0 bridgehead atoms. The second-order valence-corrected chi connectivity index (χ2v) is 6.41. The van der Waals surface area contributed by atoms with Crippen LogP contribution in [0.5, 0.6) is 11.5 Å². The van der Waals surface area contributed by atoms with E-state index in [9.17, 15) is 0 Å². The second kappa shape index (κ2) is 6.91. The first kappa shape index (κ1) is 16.5. The monoisotopic (exact) mass is 388 g/mol. The summed E-state index contributed by atoms with van der Waals surface area (Å²) < 4.78 is 11.5. The Bertz CT molecular complexity index is 639. The molecule has 2 aromatic carbocycles. The van der Waals surface area contributed by atoms with E-state index in [1.54, 1.807) is 20.3 Å². The molecule has 2 rings (SSSR count). The maximum atomic E-state index is 6.60. The molecule has 0 aliphatic carbocycles. The largest absolute Gasteiger partial charge is 0.493 e. The van der Waals surface area contributed by atoms with Crippen LogP contribution in [-0.2, 0) is 0 Å². The van der Waals surface area contributed by atoms with Crippen molar-refractivity contribution < 1.29 is 9.47 Å². The first-order valence-corrected chi connectivity index (χ1v) is 7.89. The highest BCUT2D eigenvalue weighted by molar-refractivity contribution is 9.10. The number of benzene rings is 2. The van der Waals surface area contributed by atoms with Crippen LogP contribution in [0.25, 0.3) is 0 Å². The molecule has 0 saturated carbocycles. The molecule has 2 nitrogen and oxygen atoms in total. The molecule has 0 saturated heterocycles. The number of ether oxygens (including phenoxy) is 2. The average molecular weight is 390 g/mol. The Morgan fingerprint density at radius 3 is 2.19 bits per heavy atom. The Morgan fingerprint density at radius 1 is 1.00 bits per heavy atom. The molecule has 2 aromatic rings. The van der Waals surface area contributed by atoms with Gasteiger partial charge in [0.25, 0.3) is 0 Å². The summed E-state index contributed by atoms with van der Waals surface area (Å²) in [6.45, 7) is 2.02. The fourth-order valence-electron chi connectivity index (χ4n) is 2.15. The summed E-state index contributed by atoms with van der Waals surface area (Å²) in [5.41, 5.74) is 2.88. The SMILES string of the molecule is COc1cc(Cl)c(C(Cl)c2cc(C)cc(Br)c2)cc1OC. The number of methoxy groups -OCH3 is 2. The molecule has 0 aliphatic heterocycles. The zero-order valence-corrected chi connectivity index (χ0v) is 15.0. The van der Waals surface area contributed by atoms with Crippen molar-refractivity contribution in [1.82, 2.24) is 0 Å². The summed E-state index contributed by atoms with van der Waals surface area (Å²) in [6.07, 6.45) is 0. The van der Waals surface area contributed by atoms with Crippen molar-refractivity contribution in [3.05, 3.63) is 56.5 Å². The lowest BCUT2D eigenvalue weighted by Crippen LogP contribution is -1.98. The third-order valence-corrected chi connectivity index (χ3v) is 4.41. The van der Waals surface area contributed by atoms with E-state index in [0.717, 1.165) is 21.2 Å². The van der Waals surface area contributed by atoms with E-state index in [0.29, 0.717) is 16.5 Å². The molecule has 0 radical (unpaired) electrons. The van der Waals surface area contributed by atoms with Gasteiger partial charge in [0.05, 0.1) is 19.6 Å². The molecule has 0 heterocycles. The second-order valence-electron chi connectivity index (χ2n) is 4.65. The minimum Gasteiger partial charge on any atom is -0.493 e. The Balaban J connectivity index is 2.49. The van der Waals surface area contributed by atoms with Gasteiger partial charge in [0.1, 0.15) is 0 Å². The van der Waals surface area contributed by atoms with E-state index in [-0.39, 0.29) is 5.38 Å². The maximum Gasteiger partial charge on any atom is 0.162 e. The molecule has 0 aliphatic rings. The van der Waals surface area contributed by atoms with Gasteiger partial charge in [0, 0.05) is 15.6 Å². The standard InChI is InChI=1S/C16H15BrCl2O2/c1-9-4-10(6-11(17)5-9)16(19)12-7-14(20-2)15(21-3)8-13(12)18/h4-8,16H,1-3H3. The van der Waals surface area contributed by atoms with E-state index in [2.05, 4.69) is 15.9 Å².